The van der Waals surface area contributed by atoms with Gasteiger partial charge >= 0.3 is 0 Å². The molecule has 2 aromatic carbocycles. The first-order valence-corrected chi connectivity index (χ1v) is 16.5. The first-order valence-electron chi connectivity index (χ1n) is 16.2. The van der Waals surface area contributed by atoms with Crippen molar-refractivity contribution in [3.8, 4) is 11.5 Å². The Kier molecular flexibility index (Phi) is 9.29. The van der Waals surface area contributed by atoms with E-state index in [2.05, 4.69) is 32.6 Å². The zero-order chi connectivity index (χ0) is 29.1. The summed E-state index contributed by atoms with van der Waals surface area (Å²) < 4.78 is 11.8. The Morgan fingerprint density at radius 1 is 0.952 bits per heavy atom. The fourth-order valence-corrected chi connectivity index (χ4v) is 8.04. The zero-order valence-electron chi connectivity index (χ0n) is 25.2. The van der Waals surface area contributed by atoms with E-state index in [1.807, 2.05) is 37.3 Å². The van der Waals surface area contributed by atoms with E-state index in [9.17, 15) is 4.79 Å². The summed E-state index contributed by atoms with van der Waals surface area (Å²) >= 11 is 6.31. The summed E-state index contributed by atoms with van der Waals surface area (Å²) in [5.74, 6) is 2.13. The van der Waals surface area contributed by atoms with Crippen LogP contribution in [0.1, 0.15) is 81.9 Å². The number of rotatable bonds is 9. The van der Waals surface area contributed by atoms with Crippen LogP contribution >= 0.6 is 11.6 Å². The first-order chi connectivity index (χ1) is 20.5. The summed E-state index contributed by atoms with van der Waals surface area (Å²) in [6, 6.07) is 14.6. The van der Waals surface area contributed by atoms with Gasteiger partial charge in [-0.3, -0.25) is 15.4 Å². The summed E-state index contributed by atoms with van der Waals surface area (Å²) in [5, 5.41) is 8.56. The van der Waals surface area contributed by atoms with E-state index in [0.717, 1.165) is 43.5 Å². The molecule has 3 aliphatic heterocycles. The molecule has 0 radical (unpaired) electrons. The van der Waals surface area contributed by atoms with E-state index in [4.69, 9.17) is 21.1 Å². The summed E-state index contributed by atoms with van der Waals surface area (Å²) in [6.07, 6.45) is 10.7. The van der Waals surface area contributed by atoms with Gasteiger partial charge in [0, 0.05) is 47.9 Å². The molecule has 42 heavy (non-hydrogen) atoms. The van der Waals surface area contributed by atoms with Gasteiger partial charge in [-0.15, -0.1) is 0 Å². The number of nitrogens with one attached hydrogen (secondary N) is 2. The minimum atomic E-state index is -1.12. The SMILES string of the molecule is CCOc1cc(OC)ccc1C1(C(=O)N2CCC(N3CCCC3)CC2)NC(CC2CCCC2)C(c2ccc(Cl)cc2)N1. The number of halogens is 1. The van der Waals surface area contributed by atoms with Crippen LogP contribution in [-0.4, -0.2) is 67.7 Å². The highest BCUT2D eigenvalue weighted by molar-refractivity contribution is 6.30. The molecule has 1 aliphatic carbocycles. The molecule has 8 heteroatoms. The minimum Gasteiger partial charge on any atom is -0.497 e. The molecule has 6 rings (SSSR count). The van der Waals surface area contributed by atoms with Gasteiger partial charge in [-0.2, -0.15) is 0 Å². The molecule has 3 unspecified atom stereocenters. The number of ether oxygens (including phenoxy) is 2. The second-order valence-corrected chi connectivity index (χ2v) is 13.1. The molecule has 228 valence electrons. The van der Waals surface area contributed by atoms with Crippen molar-refractivity contribution in [2.75, 3.05) is 39.9 Å². The zero-order valence-corrected chi connectivity index (χ0v) is 26.0. The van der Waals surface area contributed by atoms with Crippen LogP contribution in [0.3, 0.4) is 0 Å². The minimum absolute atomic E-state index is 0.0504. The predicted octanol–water partition coefficient (Wildman–Crippen LogP) is 5.87. The molecule has 7 nitrogen and oxygen atoms in total. The van der Waals surface area contributed by atoms with Gasteiger partial charge in [0.05, 0.1) is 13.7 Å². The number of carbonyl (C=O) groups excluding carboxylic acids is 1. The topological polar surface area (TPSA) is 66.1 Å². The molecule has 1 saturated carbocycles. The molecule has 0 bridgehead atoms. The standard InChI is InChI=1S/C34H47ClN4O3/c1-3-42-31-23-28(41-2)14-15-29(31)34(33(40)39-20-16-27(17-21-39)38-18-6-7-19-38)36-30(22-24-8-4-5-9-24)32(37-34)25-10-12-26(35)13-11-25/h10-15,23-24,27,30,32,36-37H,3-9,16-22H2,1-2H3. The van der Waals surface area contributed by atoms with Gasteiger partial charge in [0.1, 0.15) is 11.5 Å². The van der Waals surface area contributed by atoms with Crippen LogP contribution < -0.4 is 20.1 Å². The average Bonchev–Trinajstić information content (AvgIpc) is 3.80. The quantitative estimate of drug-likeness (QED) is 0.379. The maximum absolute atomic E-state index is 15.0. The van der Waals surface area contributed by atoms with Crippen LogP contribution in [0.5, 0.6) is 11.5 Å². The van der Waals surface area contributed by atoms with Gasteiger partial charge in [-0.1, -0.05) is 49.4 Å². The Labute approximate surface area is 256 Å². The van der Waals surface area contributed by atoms with E-state index in [-0.39, 0.29) is 18.0 Å². The highest BCUT2D eigenvalue weighted by atomic mass is 35.5. The lowest BCUT2D eigenvalue weighted by Gasteiger charge is -2.41. The molecule has 3 saturated heterocycles. The van der Waals surface area contributed by atoms with Crippen molar-refractivity contribution < 1.29 is 14.3 Å². The van der Waals surface area contributed by atoms with Crippen molar-refractivity contribution in [3.63, 3.8) is 0 Å². The number of benzene rings is 2. The van der Waals surface area contributed by atoms with Crippen LogP contribution in [0.15, 0.2) is 42.5 Å². The Morgan fingerprint density at radius 2 is 1.67 bits per heavy atom. The van der Waals surface area contributed by atoms with E-state index in [1.165, 1.54) is 51.6 Å². The van der Waals surface area contributed by atoms with E-state index < -0.39 is 5.66 Å². The van der Waals surface area contributed by atoms with Crippen LogP contribution in [0.4, 0.5) is 0 Å². The molecule has 3 atom stereocenters. The molecule has 4 fully saturated rings. The normalized spacial score (nSPS) is 27.5. The molecule has 0 aromatic heterocycles. The molecule has 2 aromatic rings. The maximum atomic E-state index is 15.0. The summed E-state index contributed by atoms with van der Waals surface area (Å²) in [5.41, 5.74) is 0.846. The molecular formula is C34H47ClN4O3. The number of methoxy groups -OCH3 is 1. The summed E-state index contributed by atoms with van der Waals surface area (Å²) in [4.78, 5) is 19.7. The Balaban J connectivity index is 1.37. The lowest BCUT2D eigenvalue weighted by Crippen LogP contribution is -2.61. The number of likely N-dealkylation sites (tertiary alicyclic amines) is 2. The Bertz CT molecular complexity index is 1210. The first kappa shape index (κ1) is 29.7. The lowest BCUT2D eigenvalue weighted by molar-refractivity contribution is -0.141. The second kappa shape index (κ2) is 13.1. The van der Waals surface area contributed by atoms with Gasteiger partial charge in [0.2, 0.25) is 0 Å². The third kappa shape index (κ3) is 6.03. The maximum Gasteiger partial charge on any atom is 0.262 e. The highest BCUT2D eigenvalue weighted by Crippen LogP contribution is 2.43. The Hall–Kier alpha value is -2.32. The van der Waals surface area contributed by atoms with E-state index in [0.29, 0.717) is 35.1 Å². The van der Waals surface area contributed by atoms with Crippen molar-refractivity contribution in [2.45, 2.75) is 88.5 Å². The highest BCUT2D eigenvalue weighted by Gasteiger charge is 2.54. The molecular weight excluding hydrogens is 548 g/mol. The monoisotopic (exact) mass is 594 g/mol. The predicted molar refractivity (Wildman–Crippen MR) is 167 cm³/mol. The van der Waals surface area contributed by atoms with Crippen LogP contribution in [0.25, 0.3) is 0 Å². The second-order valence-electron chi connectivity index (χ2n) is 12.6. The molecule has 3 heterocycles. The van der Waals surface area contributed by atoms with Gasteiger partial charge in [-0.05, 0) is 87.9 Å². The smallest absolute Gasteiger partial charge is 0.262 e. The number of carbonyl (C=O) groups is 1. The fraction of sp³-hybridized carbons (Fsp3) is 0.618. The number of piperidine rings is 1. The van der Waals surface area contributed by atoms with Gasteiger partial charge in [-0.25, -0.2) is 0 Å². The van der Waals surface area contributed by atoms with Crippen LogP contribution in [-0.2, 0) is 10.5 Å². The average molecular weight is 595 g/mol. The van der Waals surface area contributed by atoms with Crippen molar-refractivity contribution in [3.05, 3.63) is 58.6 Å². The van der Waals surface area contributed by atoms with E-state index >= 15 is 0 Å². The van der Waals surface area contributed by atoms with Gasteiger partial charge in [0.25, 0.3) is 5.91 Å². The van der Waals surface area contributed by atoms with Gasteiger partial charge in [0.15, 0.2) is 5.66 Å². The molecule has 0 spiro atoms. The summed E-state index contributed by atoms with van der Waals surface area (Å²) in [6.45, 7) is 6.41. The third-order valence-electron chi connectivity index (χ3n) is 10.1. The fourth-order valence-electron chi connectivity index (χ4n) is 7.91. The number of hydrogen-bond donors (Lipinski definition) is 2. The third-order valence-corrected chi connectivity index (χ3v) is 10.3. The van der Waals surface area contributed by atoms with Crippen molar-refractivity contribution >= 4 is 17.5 Å². The largest absolute Gasteiger partial charge is 0.497 e. The number of amides is 1. The van der Waals surface area contributed by atoms with Crippen LogP contribution in [0, 0.1) is 5.92 Å². The number of hydrogen-bond acceptors (Lipinski definition) is 6. The van der Waals surface area contributed by atoms with Crippen molar-refractivity contribution in [2.24, 2.45) is 5.92 Å². The molecule has 4 aliphatic rings. The van der Waals surface area contributed by atoms with Crippen LogP contribution in [0.2, 0.25) is 5.02 Å². The molecule has 1 amide bonds. The van der Waals surface area contributed by atoms with E-state index in [1.54, 1.807) is 7.11 Å². The Morgan fingerprint density at radius 3 is 2.33 bits per heavy atom. The lowest BCUT2D eigenvalue weighted by atomic mass is 9.91. The van der Waals surface area contributed by atoms with Gasteiger partial charge < -0.3 is 19.3 Å². The van der Waals surface area contributed by atoms with Crippen molar-refractivity contribution in [1.29, 1.82) is 0 Å². The number of nitrogens with zero attached hydrogens (tertiary/aromatic N) is 2. The summed E-state index contributed by atoms with van der Waals surface area (Å²) in [7, 11) is 1.66. The molecule has 2 N–H and O–H groups in total. The van der Waals surface area contributed by atoms with Crippen molar-refractivity contribution in [1.82, 2.24) is 20.4 Å².